The van der Waals surface area contributed by atoms with Gasteiger partial charge in [-0.3, -0.25) is 48.9 Å². The molecule has 2 aromatic heterocycles. The molecule has 4 fully saturated rings. The van der Waals surface area contributed by atoms with Gasteiger partial charge in [0, 0.05) is 75.9 Å². The van der Waals surface area contributed by atoms with Crippen LogP contribution in [-0.4, -0.2) is 151 Å². The molecule has 1 atom stereocenters. The number of para-hydroxylation sites is 1. The van der Waals surface area contributed by atoms with Gasteiger partial charge in [-0.25, -0.2) is 14.6 Å². The van der Waals surface area contributed by atoms with Crippen LogP contribution >= 0.6 is 0 Å². The van der Waals surface area contributed by atoms with Crippen LogP contribution in [0.1, 0.15) is 70.8 Å². The van der Waals surface area contributed by atoms with E-state index in [2.05, 4.69) is 41.8 Å². The van der Waals surface area contributed by atoms with Gasteiger partial charge in [-0.2, -0.15) is 5.10 Å². The number of piperidine rings is 3. The fourth-order valence-electron chi connectivity index (χ4n) is 9.94. The number of ether oxygens (including phenoxy) is 1. The largest absolute Gasteiger partial charge is 0.457 e. The summed E-state index contributed by atoms with van der Waals surface area (Å²) in [5.41, 5.74) is 9.83. The van der Waals surface area contributed by atoms with Gasteiger partial charge in [0.05, 0.1) is 35.6 Å². The van der Waals surface area contributed by atoms with Crippen molar-refractivity contribution in [2.24, 2.45) is 0 Å². The number of fused-ring (bicyclic) bond motifs is 2. The average Bonchev–Trinajstić information content (AvgIpc) is 3.85. The molecule has 0 bridgehead atoms. The van der Waals surface area contributed by atoms with Crippen LogP contribution in [0.3, 0.4) is 0 Å². The van der Waals surface area contributed by atoms with Gasteiger partial charge < -0.3 is 15.4 Å². The van der Waals surface area contributed by atoms with E-state index < -0.39 is 29.7 Å². The summed E-state index contributed by atoms with van der Waals surface area (Å²) in [4.78, 5) is 82.9. The first kappa shape index (κ1) is 42.9. The summed E-state index contributed by atoms with van der Waals surface area (Å²) in [7, 11) is 0. The summed E-state index contributed by atoms with van der Waals surface area (Å²) in [6.45, 7) is 7.79. The lowest BCUT2D eigenvalue weighted by molar-refractivity contribution is -0.136. The number of hydrogen-bond acceptors (Lipinski definition) is 13. The number of likely N-dealkylation sites (tertiary alicyclic amines) is 2. The van der Waals surface area contributed by atoms with Crippen molar-refractivity contribution in [3.05, 3.63) is 95.8 Å². The molecule has 4 saturated heterocycles. The summed E-state index contributed by atoms with van der Waals surface area (Å²) in [5, 5.41) is 8.01. The van der Waals surface area contributed by atoms with Gasteiger partial charge in [-0.15, -0.1) is 0 Å². The highest BCUT2D eigenvalue weighted by Gasteiger charge is 2.44. The minimum atomic E-state index is -0.997. The van der Waals surface area contributed by atoms with Crippen molar-refractivity contribution in [1.82, 2.24) is 49.6 Å². The Balaban J connectivity index is 0.667. The summed E-state index contributed by atoms with van der Waals surface area (Å²) >= 11 is 0. The van der Waals surface area contributed by atoms with Gasteiger partial charge >= 0.3 is 0 Å². The number of nitrogen functional groups attached to an aromatic ring is 1. The number of aromatic nitrogens is 4. The van der Waals surface area contributed by atoms with E-state index in [9.17, 15) is 24.0 Å². The number of piperazine rings is 1. The number of carbonyl (C=O) groups excluding carboxylic acids is 5. The molecule has 5 aliphatic heterocycles. The van der Waals surface area contributed by atoms with Gasteiger partial charge in [-0.1, -0.05) is 30.0 Å². The smallest absolute Gasteiger partial charge is 0.262 e. The van der Waals surface area contributed by atoms with Crippen molar-refractivity contribution in [2.75, 3.05) is 71.2 Å². The molecule has 0 spiro atoms. The maximum Gasteiger partial charge on any atom is 0.262 e. The Hall–Kier alpha value is -7.00. The normalized spacial score (nSPS) is 20.3. The topological polar surface area (TPSA) is 192 Å². The quantitative estimate of drug-likeness (QED) is 0.162. The van der Waals surface area contributed by atoms with Crippen LogP contribution in [0.4, 0.5) is 5.82 Å². The second-order valence-corrected chi connectivity index (χ2v) is 17.6. The molecule has 5 aliphatic rings. The second-order valence-electron chi connectivity index (χ2n) is 17.6. The number of rotatable bonds is 9. The van der Waals surface area contributed by atoms with Crippen molar-refractivity contribution in [3.8, 4) is 34.6 Å². The number of amides is 5. The number of nitrogens with zero attached hydrogens (tertiary/aromatic N) is 9. The maximum absolute atomic E-state index is 13.6. The van der Waals surface area contributed by atoms with Gasteiger partial charge in [-0.05, 0) is 86.7 Å². The molecule has 0 radical (unpaired) electrons. The fourth-order valence-corrected chi connectivity index (χ4v) is 9.94. The van der Waals surface area contributed by atoms with Crippen LogP contribution in [0, 0.1) is 11.8 Å². The van der Waals surface area contributed by atoms with E-state index in [1.165, 1.54) is 6.33 Å². The zero-order valence-corrected chi connectivity index (χ0v) is 36.6. The molecule has 3 aromatic carbocycles. The first-order chi connectivity index (χ1) is 32.2. The van der Waals surface area contributed by atoms with E-state index in [0.717, 1.165) is 98.0 Å². The molecule has 338 valence electrons. The molecule has 0 saturated carbocycles. The second kappa shape index (κ2) is 18.5. The summed E-state index contributed by atoms with van der Waals surface area (Å²) in [6, 6.07) is 21.9. The lowest BCUT2D eigenvalue weighted by atomic mass is 10.0. The highest BCUT2D eigenvalue weighted by molar-refractivity contribution is 6.23. The van der Waals surface area contributed by atoms with E-state index >= 15 is 0 Å². The molecule has 0 aliphatic carbocycles. The molecule has 66 heavy (non-hydrogen) atoms. The lowest BCUT2D eigenvalue weighted by Gasteiger charge is -2.42. The fraction of sp³-hybridized carbons (Fsp3) is 0.388. The van der Waals surface area contributed by atoms with Crippen LogP contribution in [0.2, 0.25) is 0 Å². The van der Waals surface area contributed by atoms with E-state index in [0.29, 0.717) is 49.2 Å². The Morgan fingerprint density at radius 1 is 0.758 bits per heavy atom. The van der Waals surface area contributed by atoms with Crippen molar-refractivity contribution < 1.29 is 28.7 Å². The molecule has 17 nitrogen and oxygen atoms in total. The van der Waals surface area contributed by atoms with Crippen molar-refractivity contribution in [3.63, 3.8) is 0 Å². The van der Waals surface area contributed by atoms with Crippen molar-refractivity contribution in [1.29, 1.82) is 0 Å². The number of nitrogens with one attached hydrogen (secondary N) is 1. The molecule has 5 aromatic rings. The monoisotopic (exact) mass is 889 g/mol. The third-order valence-electron chi connectivity index (χ3n) is 13.6. The Labute approximate surface area is 381 Å². The van der Waals surface area contributed by atoms with Crippen LogP contribution in [-0.2, 0) is 14.4 Å². The highest BCUT2D eigenvalue weighted by atomic mass is 16.5. The lowest BCUT2D eigenvalue weighted by Crippen LogP contribution is -2.54. The standard InChI is InChI=1S/C49H51N11O6/c50-45-43-44(33-9-11-37(12-10-33)66-36-6-2-1-3-7-36)54-60(46(43)52-31-51-45)35-18-23-58(24-19-35)42(62)30-56-21-16-34(17-22-56)57-27-25-55(26-28-57)20-4-5-32-8-13-38-39(29-32)49(65)59(48(38)64)40-14-15-41(61)53-47(40)63/h1-3,6-13,29,31,34-35,40H,14-28,30H2,(H2,50,51,52)(H,53,61,63). The number of carbonyl (C=O) groups is 5. The molecule has 10 rings (SSSR count). The van der Waals surface area contributed by atoms with Crippen LogP contribution in [0.5, 0.6) is 11.5 Å². The first-order valence-electron chi connectivity index (χ1n) is 22.8. The number of hydrogen-bond donors (Lipinski definition) is 2. The minimum absolute atomic E-state index is 0.0647. The molecular weight excluding hydrogens is 839 g/mol. The number of benzene rings is 3. The Morgan fingerprint density at radius 2 is 1.47 bits per heavy atom. The zero-order chi connectivity index (χ0) is 45.3. The first-order valence-corrected chi connectivity index (χ1v) is 22.8. The summed E-state index contributed by atoms with van der Waals surface area (Å²) in [6.07, 6.45) is 5.25. The van der Waals surface area contributed by atoms with Crippen molar-refractivity contribution in [2.45, 2.75) is 56.7 Å². The molecule has 5 amide bonds. The Morgan fingerprint density at radius 3 is 2.21 bits per heavy atom. The van der Waals surface area contributed by atoms with Crippen LogP contribution in [0.25, 0.3) is 22.3 Å². The Kier molecular flexibility index (Phi) is 12.0. The van der Waals surface area contributed by atoms with Crippen molar-refractivity contribution >= 4 is 46.4 Å². The molecule has 1 unspecified atom stereocenters. The Bertz CT molecular complexity index is 2740. The number of anilines is 1. The predicted octanol–water partition coefficient (Wildman–Crippen LogP) is 3.57. The SMILES string of the molecule is Nc1ncnc2c1c(-c1ccc(Oc3ccccc3)cc1)nn2C1CCN(C(=O)CN2CCC(N3CCN(CC#Cc4ccc5c(c4)C(=O)N(C4CCC(=O)NC4=O)C5=O)CC3)CC2)CC1. The van der Waals surface area contributed by atoms with Gasteiger partial charge in [0.2, 0.25) is 17.7 Å². The third kappa shape index (κ3) is 8.74. The number of imide groups is 2. The van der Waals surface area contributed by atoms with E-state index in [4.69, 9.17) is 15.6 Å². The van der Waals surface area contributed by atoms with Crippen LogP contribution in [0.15, 0.2) is 79.1 Å². The predicted molar refractivity (Wildman–Crippen MR) is 244 cm³/mol. The minimum Gasteiger partial charge on any atom is -0.457 e. The van der Waals surface area contributed by atoms with Gasteiger partial charge in [0.25, 0.3) is 11.8 Å². The molecule has 17 heteroatoms. The molecular formula is C49H51N11O6. The number of nitrogens with two attached hydrogens (primary N) is 1. The van der Waals surface area contributed by atoms with Gasteiger partial charge in [0.15, 0.2) is 5.65 Å². The van der Waals surface area contributed by atoms with Crippen LogP contribution < -0.4 is 15.8 Å². The zero-order valence-electron chi connectivity index (χ0n) is 36.6. The average molecular weight is 890 g/mol. The maximum atomic E-state index is 13.6. The summed E-state index contributed by atoms with van der Waals surface area (Å²) < 4.78 is 7.97. The summed E-state index contributed by atoms with van der Waals surface area (Å²) in [5.74, 6) is 6.33. The van der Waals surface area contributed by atoms with Gasteiger partial charge in [0.1, 0.15) is 35.4 Å². The molecule has 3 N–H and O–H groups in total. The van der Waals surface area contributed by atoms with E-state index in [1.807, 2.05) is 64.2 Å². The highest BCUT2D eigenvalue weighted by Crippen LogP contribution is 2.36. The molecule has 7 heterocycles. The van der Waals surface area contributed by atoms with E-state index in [1.54, 1.807) is 18.2 Å². The third-order valence-corrected chi connectivity index (χ3v) is 13.6. The van der Waals surface area contributed by atoms with E-state index in [-0.39, 0.29) is 35.9 Å².